The lowest BCUT2D eigenvalue weighted by Gasteiger charge is -2.14. The number of rotatable bonds is 6. The molecule has 0 radical (unpaired) electrons. The van der Waals surface area contributed by atoms with Crippen molar-refractivity contribution in [1.29, 1.82) is 0 Å². The van der Waals surface area contributed by atoms with Gasteiger partial charge in [0, 0.05) is 29.8 Å². The monoisotopic (exact) mass is 243 g/mol. The summed E-state index contributed by atoms with van der Waals surface area (Å²) < 4.78 is 0. The van der Waals surface area contributed by atoms with E-state index in [1.807, 2.05) is 6.92 Å². The van der Waals surface area contributed by atoms with Gasteiger partial charge in [0.25, 0.3) is 0 Å². The van der Waals surface area contributed by atoms with E-state index in [0.29, 0.717) is 17.6 Å². The second-order valence-corrected chi connectivity index (χ2v) is 4.29. The molecule has 1 aromatic carbocycles. The fraction of sp³-hybridized carbons (Fsp3) is 0.500. The Balaban J connectivity index is 2.48. The third-order valence-corrected chi connectivity index (χ3v) is 2.87. The average Bonchev–Trinajstić information content (AvgIpc) is 2.25. The van der Waals surface area contributed by atoms with E-state index in [1.54, 1.807) is 18.2 Å². The molecule has 0 spiro atoms. The molecule has 4 heteroatoms. The van der Waals surface area contributed by atoms with Gasteiger partial charge in [-0.2, -0.15) is 0 Å². The lowest BCUT2D eigenvalue weighted by Crippen LogP contribution is -2.25. The van der Waals surface area contributed by atoms with Crippen molar-refractivity contribution in [2.45, 2.75) is 32.4 Å². The van der Waals surface area contributed by atoms with Gasteiger partial charge >= 0.3 is 0 Å². The molecule has 3 nitrogen and oxygen atoms in total. The van der Waals surface area contributed by atoms with Crippen LogP contribution in [0.3, 0.4) is 0 Å². The van der Waals surface area contributed by atoms with E-state index in [1.165, 1.54) is 0 Å². The van der Waals surface area contributed by atoms with Crippen LogP contribution in [0.5, 0.6) is 5.75 Å². The maximum atomic E-state index is 9.62. The van der Waals surface area contributed by atoms with Crippen LogP contribution in [0, 0.1) is 0 Å². The Labute approximate surface area is 101 Å². The van der Waals surface area contributed by atoms with E-state index in [-0.39, 0.29) is 12.4 Å². The smallest absolute Gasteiger partial charge is 0.121 e. The Morgan fingerprint density at radius 3 is 2.81 bits per heavy atom. The molecule has 0 amide bonds. The second kappa shape index (κ2) is 6.74. The first-order chi connectivity index (χ1) is 7.65. The fourth-order valence-corrected chi connectivity index (χ4v) is 1.73. The van der Waals surface area contributed by atoms with Crippen LogP contribution < -0.4 is 5.32 Å². The topological polar surface area (TPSA) is 52.5 Å². The van der Waals surface area contributed by atoms with Crippen molar-refractivity contribution in [2.75, 3.05) is 6.61 Å². The Hall–Kier alpha value is -0.770. The maximum Gasteiger partial charge on any atom is 0.121 e. The highest BCUT2D eigenvalue weighted by Gasteiger charge is 2.07. The third kappa shape index (κ3) is 4.00. The summed E-state index contributed by atoms with van der Waals surface area (Å²) in [5.41, 5.74) is 0.722. The summed E-state index contributed by atoms with van der Waals surface area (Å²) in [7, 11) is 0. The number of phenols is 1. The van der Waals surface area contributed by atoms with Crippen LogP contribution in [0.2, 0.25) is 5.02 Å². The van der Waals surface area contributed by atoms with Gasteiger partial charge in [-0.3, -0.25) is 0 Å². The van der Waals surface area contributed by atoms with Crippen molar-refractivity contribution in [3.05, 3.63) is 28.8 Å². The molecule has 0 aliphatic heterocycles. The third-order valence-electron chi connectivity index (χ3n) is 2.52. The van der Waals surface area contributed by atoms with Crippen molar-refractivity contribution in [2.24, 2.45) is 0 Å². The van der Waals surface area contributed by atoms with Crippen LogP contribution in [0.1, 0.15) is 25.3 Å². The Kier molecular flexibility index (Phi) is 5.60. The number of phenolic OH excluding ortho intramolecular Hbond substituents is 1. The minimum absolute atomic E-state index is 0.212. The first-order valence-corrected chi connectivity index (χ1v) is 5.83. The maximum absolute atomic E-state index is 9.62. The lowest BCUT2D eigenvalue weighted by atomic mass is 10.1. The van der Waals surface area contributed by atoms with Crippen molar-refractivity contribution in [1.82, 2.24) is 5.32 Å². The number of hydrogen-bond donors (Lipinski definition) is 3. The molecule has 0 aliphatic rings. The molecule has 1 rings (SSSR count). The fourth-order valence-electron chi connectivity index (χ4n) is 1.50. The largest absolute Gasteiger partial charge is 0.508 e. The summed E-state index contributed by atoms with van der Waals surface area (Å²) in [5.74, 6) is 0.217. The molecule has 90 valence electrons. The Morgan fingerprint density at radius 2 is 2.19 bits per heavy atom. The highest BCUT2D eigenvalue weighted by atomic mass is 35.5. The number of halogens is 1. The number of hydrogen-bond acceptors (Lipinski definition) is 3. The molecule has 0 saturated carbocycles. The number of aromatic hydroxyl groups is 1. The minimum Gasteiger partial charge on any atom is -0.508 e. The number of benzene rings is 1. The standard InChI is InChI=1S/C12H18ClNO2/c1-9(4-3-7-15)14-8-10-11(13)5-2-6-12(10)16/h2,5-6,9,14-16H,3-4,7-8H2,1H3. The molecular weight excluding hydrogens is 226 g/mol. The van der Waals surface area contributed by atoms with E-state index in [2.05, 4.69) is 5.32 Å². The predicted octanol–water partition coefficient (Wildman–Crippen LogP) is 2.30. The second-order valence-electron chi connectivity index (χ2n) is 3.89. The van der Waals surface area contributed by atoms with Crippen LogP contribution in [-0.2, 0) is 6.54 Å². The van der Waals surface area contributed by atoms with Crippen molar-refractivity contribution in [3.63, 3.8) is 0 Å². The van der Waals surface area contributed by atoms with Gasteiger partial charge in [-0.25, -0.2) is 0 Å². The van der Waals surface area contributed by atoms with E-state index in [4.69, 9.17) is 16.7 Å². The summed E-state index contributed by atoms with van der Waals surface area (Å²) in [4.78, 5) is 0. The molecule has 0 aromatic heterocycles. The van der Waals surface area contributed by atoms with Gasteiger partial charge in [0.05, 0.1) is 0 Å². The number of nitrogens with one attached hydrogen (secondary N) is 1. The Morgan fingerprint density at radius 1 is 1.44 bits per heavy atom. The zero-order valence-corrected chi connectivity index (χ0v) is 10.2. The molecule has 0 heterocycles. The molecule has 0 aliphatic carbocycles. The molecule has 1 aromatic rings. The van der Waals surface area contributed by atoms with E-state index < -0.39 is 0 Å². The summed E-state index contributed by atoms with van der Waals surface area (Å²) >= 11 is 5.98. The normalized spacial score (nSPS) is 12.7. The SMILES string of the molecule is CC(CCCO)NCc1c(O)cccc1Cl. The van der Waals surface area contributed by atoms with Crippen LogP contribution in [-0.4, -0.2) is 22.9 Å². The molecule has 16 heavy (non-hydrogen) atoms. The first-order valence-electron chi connectivity index (χ1n) is 5.45. The first kappa shape index (κ1) is 13.3. The van der Waals surface area contributed by atoms with Gasteiger partial charge in [-0.05, 0) is 31.9 Å². The van der Waals surface area contributed by atoms with E-state index >= 15 is 0 Å². The summed E-state index contributed by atoms with van der Waals surface area (Å²) in [5, 5.41) is 22.1. The highest BCUT2D eigenvalue weighted by Crippen LogP contribution is 2.24. The van der Waals surface area contributed by atoms with Crippen LogP contribution in [0.25, 0.3) is 0 Å². The lowest BCUT2D eigenvalue weighted by molar-refractivity contribution is 0.276. The van der Waals surface area contributed by atoms with Gasteiger partial charge < -0.3 is 15.5 Å². The van der Waals surface area contributed by atoms with Crippen LogP contribution in [0.4, 0.5) is 0 Å². The molecule has 3 N–H and O–H groups in total. The van der Waals surface area contributed by atoms with Gasteiger partial charge in [-0.1, -0.05) is 17.7 Å². The van der Waals surface area contributed by atoms with Gasteiger partial charge in [0.15, 0.2) is 0 Å². The van der Waals surface area contributed by atoms with Gasteiger partial charge in [0.2, 0.25) is 0 Å². The number of aliphatic hydroxyl groups is 1. The predicted molar refractivity (Wildman–Crippen MR) is 65.7 cm³/mol. The zero-order chi connectivity index (χ0) is 12.0. The van der Waals surface area contributed by atoms with E-state index in [9.17, 15) is 5.11 Å². The molecule has 1 unspecified atom stereocenters. The van der Waals surface area contributed by atoms with Crippen LogP contribution >= 0.6 is 11.6 Å². The van der Waals surface area contributed by atoms with Crippen molar-refractivity contribution in [3.8, 4) is 5.75 Å². The quantitative estimate of drug-likeness (QED) is 0.719. The van der Waals surface area contributed by atoms with E-state index in [0.717, 1.165) is 18.4 Å². The molecular formula is C12H18ClNO2. The summed E-state index contributed by atoms with van der Waals surface area (Å²) in [6, 6.07) is 5.40. The molecule has 0 fully saturated rings. The molecule has 1 atom stereocenters. The zero-order valence-electron chi connectivity index (χ0n) is 9.41. The van der Waals surface area contributed by atoms with Crippen molar-refractivity contribution < 1.29 is 10.2 Å². The van der Waals surface area contributed by atoms with Gasteiger partial charge in [-0.15, -0.1) is 0 Å². The molecule has 0 bridgehead atoms. The summed E-state index contributed by atoms with van der Waals surface area (Å²) in [6.45, 7) is 2.80. The highest BCUT2D eigenvalue weighted by molar-refractivity contribution is 6.31. The summed E-state index contributed by atoms with van der Waals surface area (Å²) in [6.07, 6.45) is 1.68. The Bertz CT molecular complexity index is 311. The average molecular weight is 244 g/mol. The van der Waals surface area contributed by atoms with Gasteiger partial charge in [0.1, 0.15) is 5.75 Å². The molecule has 0 saturated heterocycles. The van der Waals surface area contributed by atoms with Crippen LogP contribution in [0.15, 0.2) is 18.2 Å². The van der Waals surface area contributed by atoms with Crippen molar-refractivity contribution >= 4 is 11.6 Å². The number of aliphatic hydroxyl groups excluding tert-OH is 1. The minimum atomic E-state index is 0.212.